The largest absolute Gasteiger partial charge is 0.207 e. The molecule has 11 heavy (non-hydrogen) atoms. The van der Waals surface area contributed by atoms with Gasteiger partial charge in [0.1, 0.15) is 0 Å². The number of nitrogens with one attached hydrogen (secondary N) is 1. The Morgan fingerprint density at radius 2 is 1.82 bits per heavy atom. The highest BCUT2D eigenvalue weighted by Gasteiger charge is 2.43. The van der Waals surface area contributed by atoms with Gasteiger partial charge in [-0.25, -0.2) is 5.21 Å². The van der Waals surface area contributed by atoms with E-state index in [0.717, 1.165) is 0 Å². The van der Waals surface area contributed by atoms with Gasteiger partial charge in [-0.05, 0) is 19.3 Å². The van der Waals surface area contributed by atoms with Gasteiger partial charge >= 0.3 is 0 Å². The fourth-order valence-electron chi connectivity index (χ4n) is 2.69. The third-order valence-corrected chi connectivity index (χ3v) is 3.43. The van der Waals surface area contributed by atoms with Crippen LogP contribution in [0, 0.1) is 0 Å². The van der Waals surface area contributed by atoms with Gasteiger partial charge in [0.2, 0.25) is 0 Å². The van der Waals surface area contributed by atoms with E-state index in [9.17, 15) is 0 Å². The zero-order chi connectivity index (χ0) is 7.31. The minimum absolute atomic E-state index is 0.554. The van der Waals surface area contributed by atoms with Crippen molar-refractivity contribution in [2.45, 2.75) is 50.6 Å². The number of fused-ring (bicyclic) bond motifs is 2. The number of aromatic nitrogens is 3. The summed E-state index contributed by atoms with van der Waals surface area (Å²) in [5.41, 5.74) is 0.554. The molecule has 2 aliphatic rings. The molecule has 3 nitrogen and oxygen atoms in total. The summed E-state index contributed by atoms with van der Waals surface area (Å²) in [6.45, 7) is 1.24. The smallest absolute Gasteiger partial charge is 0.0831 e. The van der Waals surface area contributed by atoms with Crippen LogP contribution in [0.3, 0.4) is 0 Å². The van der Waals surface area contributed by atoms with Crippen molar-refractivity contribution in [3.8, 4) is 0 Å². The van der Waals surface area contributed by atoms with Gasteiger partial charge in [-0.15, -0.1) is 0 Å². The molecule has 1 spiro atoms. The molecular weight excluding hydrogens is 138 g/mol. The molecule has 1 aliphatic carbocycles. The van der Waals surface area contributed by atoms with Crippen LogP contribution in [0.5, 0.6) is 0 Å². The first-order valence-corrected chi connectivity index (χ1v) is 4.75. The molecule has 1 aliphatic heterocycles. The molecule has 0 bridgehead atoms. The second-order valence-corrected chi connectivity index (χ2v) is 4.07. The quantitative estimate of drug-likeness (QED) is 0.587. The first kappa shape index (κ1) is 5.98. The summed E-state index contributed by atoms with van der Waals surface area (Å²) in [5.74, 6) is 0. The maximum atomic E-state index is 3.30. The van der Waals surface area contributed by atoms with Gasteiger partial charge in [-0.1, -0.05) is 19.3 Å². The summed E-state index contributed by atoms with van der Waals surface area (Å²) in [4.78, 5) is 4.62. The van der Waals surface area contributed by atoms with Crippen LogP contribution in [0.15, 0.2) is 0 Å². The van der Waals surface area contributed by atoms with Crippen molar-refractivity contribution in [2.75, 3.05) is 0 Å². The third-order valence-electron chi connectivity index (χ3n) is 3.43. The lowest BCUT2D eigenvalue weighted by atomic mass is 9.80. The van der Waals surface area contributed by atoms with Crippen molar-refractivity contribution in [3.05, 3.63) is 0 Å². The monoisotopic (exact) mass is 153 g/mol. The fraction of sp³-hybridized carbons (Fsp3) is 1.00. The van der Waals surface area contributed by atoms with Crippen LogP contribution in [-0.4, -0.2) is 14.8 Å². The van der Waals surface area contributed by atoms with E-state index < -0.39 is 0 Å². The Morgan fingerprint density at radius 1 is 1.00 bits per heavy atom. The molecule has 0 atom stereocenters. The van der Waals surface area contributed by atoms with E-state index in [2.05, 4.69) is 14.8 Å². The van der Waals surface area contributed by atoms with Crippen LogP contribution in [0.1, 0.15) is 38.5 Å². The van der Waals surface area contributed by atoms with Crippen molar-refractivity contribution >= 4 is 0 Å². The predicted octanol–water partition coefficient (Wildman–Crippen LogP) is 1.68. The average Bonchev–Trinajstić information content (AvgIpc) is 2.77. The van der Waals surface area contributed by atoms with Crippen molar-refractivity contribution < 1.29 is 0 Å². The molecular formula is C8H15N3. The lowest BCUT2D eigenvalue weighted by molar-refractivity contribution is 0.199. The molecule has 62 valence electrons. The van der Waals surface area contributed by atoms with Gasteiger partial charge in [0.15, 0.2) is 0 Å². The number of aryl methyl sites for hydroxylation is 1. The molecule has 1 N–H and O–H groups in total. The molecule has 0 radical (unpaired) electrons. The molecule has 0 unspecified atom stereocenters. The van der Waals surface area contributed by atoms with Crippen LogP contribution in [0.25, 0.3) is 0 Å². The topological polar surface area (TPSA) is 25.6 Å². The Balaban J connectivity index is 1.89. The zero-order valence-electron chi connectivity index (χ0n) is 6.84. The predicted molar refractivity (Wildman–Crippen MR) is 42.4 cm³/mol. The minimum atomic E-state index is 0.554. The molecule has 0 aromatic carbocycles. The van der Waals surface area contributed by atoms with Crippen molar-refractivity contribution in [1.82, 2.24) is 14.8 Å². The molecule has 0 amide bonds. The van der Waals surface area contributed by atoms with E-state index in [1.165, 1.54) is 45.1 Å². The number of hydrogen-bond donors (Lipinski definition) is 1. The van der Waals surface area contributed by atoms with Gasteiger partial charge in [0.05, 0.1) is 12.1 Å². The van der Waals surface area contributed by atoms with E-state index >= 15 is 0 Å². The highest BCUT2D eigenvalue weighted by Crippen LogP contribution is 2.42. The highest BCUT2D eigenvalue weighted by atomic mass is 15.9. The molecule has 2 heterocycles. The molecule has 3 heteroatoms. The number of rotatable bonds is 0. The van der Waals surface area contributed by atoms with Gasteiger partial charge < -0.3 is 0 Å². The van der Waals surface area contributed by atoms with Crippen LogP contribution in [-0.2, 0) is 12.1 Å². The van der Waals surface area contributed by atoms with E-state index in [1.54, 1.807) is 0 Å². The maximum Gasteiger partial charge on any atom is 0.0831 e. The number of nitrogens with zero attached hydrogens (tertiary/aromatic N) is 2. The van der Waals surface area contributed by atoms with Crippen LogP contribution in [0.2, 0.25) is 0 Å². The SMILES string of the molecule is C1CCC2(CC1)CCn1[nH]n12. The molecule has 1 saturated carbocycles. The van der Waals surface area contributed by atoms with E-state index in [-0.39, 0.29) is 0 Å². The van der Waals surface area contributed by atoms with Crippen molar-refractivity contribution in [2.24, 2.45) is 0 Å². The second kappa shape index (κ2) is 1.76. The van der Waals surface area contributed by atoms with Crippen LogP contribution in [0.4, 0.5) is 0 Å². The van der Waals surface area contributed by atoms with Crippen molar-refractivity contribution in [3.63, 3.8) is 0 Å². The van der Waals surface area contributed by atoms with E-state index in [4.69, 9.17) is 0 Å². The van der Waals surface area contributed by atoms with Gasteiger partial charge in [-0.2, -0.15) is 9.59 Å². The number of H-pyrrole nitrogens is 1. The highest BCUT2D eigenvalue weighted by molar-refractivity contribution is 4.91. The standard InChI is InChI=1S/C8H15N3/c1-2-4-8(5-3-1)6-7-10-9-11(8)10/h9H,1-7H2. The summed E-state index contributed by atoms with van der Waals surface area (Å²) in [6, 6.07) is 0. The van der Waals surface area contributed by atoms with Crippen molar-refractivity contribution in [1.29, 1.82) is 0 Å². The maximum absolute atomic E-state index is 3.30. The summed E-state index contributed by atoms with van der Waals surface area (Å²) >= 11 is 0. The minimum Gasteiger partial charge on any atom is -0.207 e. The van der Waals surface area contributed by atoms with Gasteiger partial charge in [0, 0.05) is 0 Å². The zero-order valence-corrected chi connectivity index (χ0v) is 6.84. The normalized spacial score (nSPS) is 28.0. The number of hydrogen-bond acceptors (Lipinski definition) is 0. The summed E-state index contributed by atoms with van der Waals surface area (Å²) < 4.78 is 0. The first-order valence-electron chi connectivity index (χ1n) is 4.75. The molecule has 3 rings (SSSR count). The summed E-state index contributed by atoms with van der Waals surface area (Å²) in [7, 11) is 0. The molecule has 1 fully saturated rings. The molecule has 0 saturated heterocycles. The Bertz CT molecular complexity index is 247. The fourth-order valence-corrected chi connectivity index (χ4v) is 2.69. The lowest BCUT2D eigenvalue weighted by Crippen LogP contribution is -2.30. The Labute approximate surface area is 66.3 Å². The van der Waals surface area contributed by atoms with Gasteiger partial charge in [-0.3, -0.25) is 0 Å². The Hall–Kier alpha value is -0.600. The van der Waals surface area contributed by atoms with E-state index in [0.29, 0.717) is 5.54 Å². The number of aromatic amines is 1. The van der Waals surface area contributed by atoms with Gasteiger partial charge in [0.25, 0.3) is 0 Å². The average molecular weight is 153 g/mol. The van der Waals surface area contributed by atoms with Crippen LogP contribution < -0.4 is 0 Å². The van der Waals surface area contributed by atoms with Crippen LogP contribution >= 0.6 is 0 Å². The summed E-state index contributed by atoms with van der Waals surface area (Å²) in [6.07, 6.45) is 8.54. The molecule has 1 aromatic rings. The summed E-state index contributed by atoms with van der Waals surface area (Å²) in [5, 5.41) is 3.30. The first-order chi connectivity index (χ1) is 5.41. The third kappa shape index (κ3) is 0.686. The Morgan fingerprint density at radius 3 is 2.36 bits per heavy atom. The second-order valence-electron chi connectivity index (χ2n) is 4.07. The Kier molecular flexibility index (Phi) is 0.957. The lowest BCUT2D eigenvalue weighted by Gasteiger charge is -2.30. The molecule has 1 aromatic heterocycles. The van der Waals surface area contributed by atoms with E-state index in [1.807, 2.05) is 0 Å².